The van der Waals surface area contributed by atoms with E-state index >= 15 is 0 Å². The van der Waals surface area contributed by atoms with E-state index in [-0.39, 0.29) is 0 Å². The normalized spacial score (nSPS) is 12.7. The highest BCUT2D eigenvalue weighted by Crippen LogP contribution is 2.65. The molecule has 0 aliphatic rings. The summed E-state index contributed by atoms with van der Waals surface area (Å²) < 4.78 is 23.0. The van der Waals surface area contributed by atoms with Crippen molar-refractivity contribution in [1.29, 1.82) is 0 Å². The average molecular weight is 288 g/mol. The number of rotatable bonds is 7. The molecule has 5 heteroatoms. The minimum Gasteiger partial charge on any atom is -0.308 e. The van der Waals surface area contributed by atoms with Crippen molar-refractivity contribution in [3.63, 3.8) is 0 Å². The minimum absolute atomic E-state index is 0.385. The summed E-state index contributed by atoms with van der Waals surface area (Å²) in [6.07, 6.45) is 0. The summed E-state index contributed by atoms with van der Waals surface area (Å²) in [5.41, 5.74) is 0. The molecule has 0 heterocycles. The third-order valence-electron chi connectivity index (χ3n) is 2.37. The maximum absolute atomic E-state index is 12.8. The number of hydrogen-bond acceptors (Lipinski definition) is 4. The maximum Gasteiger partial charge on any atom is 0.346 e. The van der Waals surface area contributed by atoms with Crippen LogP contribution in [0.2, 0.25) is 0 Å². The Labute approximate surface area is 114 Å². The van der Waals surface area contributed by atoms with E-state index < -0.39 is 12.1 Å². The van der Waals surface area contributed by atoms with Gasteiger partial charge in [-0.05, 0) is 39.8 Å². The molecule has 0 fully saturated rings. The number of thioether (sulfide) groups is 1. The molecule has 0 saturated heterocycles. The van der Waals surface area contributed by atoms with Crippen LogP contribution in [0.5, 0.6) is 0 Å². The SMILES string of the molecule is CCOP(=O)(OCC)C(C)(C)Sc1ccccc1. The lowest BCUT2D eigenvalue weighted by Gasteiger charge is -2.32. The van der Waals surface area contributed by atoms with E-state index in [4.69, 9.17) is 9.05 Å². The van der Waals surface area contributed by atoms with Gasteiger partial charge in [0.2, 0.25) is 0 Å². The molecule has 3 nitrogen and oxygen atoms in total. The van der Waals surface area contributed by atoms with E-state index in [0.29, 0.717) is 13.2 Å². The second-order valence-corrected chi connectivity index (χ2v) is 8.82. The van der Waals surface area contributed by atoms with Gasteiger partial charge in [-0.1, -0.05) is 18.2 Å². The first-order valence-corrected chi connectivity index (χ1v) is 8.44. The minimum atomic E-state index is -3.12. The van der Waals surface area contributed by atoms with Crippen LogP contribution in [0.15, 0.2) is 35.2 Å². The van der Waals surface area contributed by atoms with Crippen LogP contribution >= 0.6 is 19.4 Å². The molecule has 0 aliphatic heterocycles. The van der Waals surface area contributed by atoms with Crippen LogP contribution in [-0.4, -0.2) is 17.7 Å². The Hall–Kier alpha value is -0.280. The van der Waals surface area contributed by atoms with Gasteiger partial charge in [-0.2, -0.15) is 0 Å². The lowest BCUT2D eigenvalue weighted by Crippen LogP contribution is -2.19. The summed E-state index contributed by atoms with van der Waals surface area (Å²) >= 11 is 1.52. The zero-order valence-corrected chi connectivity index (χ0v) is 13.1. The monoisotopic (exact) mass is 288 g/mol. The predicted octanol–water partition coefficient (Wildman–Crippen LogP) is 4.78. The lowest BCUT2D eigenvalue weighted by atomic mass is 10.4. The molecule has 0 saturated carbocycles. The van der Waals surface area contributed by atoms with Gasteiger partial charge in [-0.3, -0.25) is 4.57 Å². The summed E-state index contributed by atoms with van der Waals surface area (Å²) in [4.78, 5) is 1.06. The topological polar surface area (TPSA) is 35.5 Å². The van der Waals surface area contributed by atoms with Crippen molar-refractivity contribution in [1.82, 2.24) is 0 Å². The van der Waals surface area contributed by atoms with E-state index in [1.54, 1.807) is 0 Å². The molecule has 0 unspecified atom stereocenters. The molecule has 0 aliphatic carbocycles. The van der Waals surface area contributed by atoms with Crippen LogP contribution in [0, 0.1) is 0 Å². The summed E-state index contributed by atoms with van der Waals surface area (Å²) in [6, 6.07) is 9.88. The van der Waals surface area contributed by atoms with Crippen LogP contribution in [0.3, 0.4) is 0 Å². The Morgan fingerprint density at radius 2 is 1.61 bits per heavy atom. The number of hydrogen-bond donors (Lipinski definition) is 0. The summed E-state index contributed by atoms with van der Waals surface area (Å²) in [7, 11) is -3.12. The van der Waals surface area contributed by atoms with Crippen LogP contribution in [0.4, 0.5) is 0 Å². The quantitative estimate of drug-likeness (QED) is 0.534. The summed E-state index contributed by atoms with van der Waals surface area (Å²) in [5, 5.41) is 0. The molecule has 18 heavy (non-hydrogen) atoms. The van der Waals surface area contributed by atoms with Crippen molar-refractivity contribution in [2.75, 3.05) is 13.2 Å². The first-order valence-electron chi connectivity index (χ1n) is 6.08. The molecule has 0 bridgehead atoms. The zero-order valence-electron chi connectivity index (χ0n) is 11.4. The highest BCUT2D eigenvalue weighted by molar-refractivity contribution is 8.06. The van der Waals surface area contributed by atoms with E-state index in [1.165, 1.54) is 11.8 Å². The molecular weight excluding hydrogens is 267 g/mol. The van der Waals surface area contributed by atoms with Crippen molar-refractivity contribution in [3.05, 3.63) is 30.3 Å². The molecule has 0 aromatic heterocycles. The standard InChI is InChI=1S/C13H21O3PS/c1-5-15-17(14,16-6-2)13(3,4)18-12-10-8-7-9-11-12/h7-11H,5-6H2,1-4H3. The van der Waals surface area contributed by atoms with E-state index in [1.807, 2.05) is 58.0 Å². The fraction of sp³-hybridized carbons (Fsp3) is 0.538. The number of benzene rings is 1. The molecule has 1 aromatic carbocycles. The molecule has 102 valence electrons. The zero-order chi connectivity index (χ0) is 13.6. The highest BCUT2D eigenvalue weighted by Gasteiger charge is 2.44. The Balaban J connectivity index is 2.91. The van der Waals surface area contributed by atoms with Crippen molar-refractivity contribution in [2.45, 2.75) is 37.1 Å². The third-order valence-corrected chi connectivity index (χ3v) is 6.84. The molecule has 1 aromatic rings. The molecule has 0 radical (unpaired) electrons. The Bertz CT molecular complexity index is 396. The van der Waals surface area contributed by atoms with E-state index in [0.717, 1.165) is 4.90 Å². The Kier molecular flexibility index (Phi) is 5.93. The predicted molar refractivity (Wildman–Crippen MR) is 77.2 cm³/mol. The summed E-state index contributed by atoms with van der Waals surface area (Å²) in [5.74, 6) is 0. The lowest BCUT2D eigenvalue weighted by molar-refractivity contribution is 0.211. The van der Waals surface area contributed by atoms with Crippen LogP contribution < -0.4 is 0 Å². The second-order valence-electron chi connectivity index (χ2n) is 4.19. The van der Waals surface area contributed by atoms with Gasteiger partial charge in [0.25, 0.3) is 0 Å². The van der Waals surface area contributed by atoms with Gasteiger partial charge in [0.15, 0.2) is 0 Å². The van der Waals surface area contributed by atoms with Gasteiger partial charge in [0, 0.05) is 4.90 Å². The van der Waals surface area contributed by atoms with Gasteiger partial charge >= 0.3 is 7.60 Å². The molecular formula is C13H21O3PS. The molecule has 0 amide bonds. The molecule has 0 N–H and O–H groups in total. The van der Waals surface area contributed by atoms with Gasteiger partial charge in [0.05, 0.1) is 13.2 Å². The maximum atomic E-state index is 12.8. The van der Waals surface area contributed by atoms with Crippen LogP contribution in [0.1, 0.15) is 27.7 Å². The smallest absolute Gasteiger partial charge is 0.308 e. The highest BCUT2D eigenvalue weighted by atomic mass is 32.2. The first kappa shape index (κ1) is 15.8. The Morgan fingerprint density at radius 1 is 1.11 bits per heavy atom. The third kappa shape index (κ3) is 3.86. The molecule has 1 rings (SSSR count). The molecule has 0 spiro atoms. The molecule has 0 atom stereocenters. The second kappa shape index (κ2) is 6.76. The largest absolute Gasteiger partial charge is 0.346 e. The van der Waals surface area contributed by atoms with Crippen molar-refractivity contribution in [2.24, 2.45) is 0 Å². The first-order chi connectivity index (χ1) is 8.45. The fourth-order valence-corrected chi connectivity index (χ4v) is 4.85. The average Bonchev–Trinajstić information content (AvgIpc) is 2.30. The van der Waals surface area contributed by atoms with E-state index in [9.17, 15) is 4.57 Å². The van der Waals surface area contributed by atoms with Crippen LogP contribution in [-0.2, 0) is 13.6 Å². The summed E-state index contributed by atoms with van der Waals surface area (Å²) in [6.45, 7) is 8.23. The van der Waals surface area contributed by atoms with Gasteiger partial charge in [-0.15, -0.1) is 11.8 Å². The Morgan fingerprint density at radius 3 is 2.06 bits per heavy atom. The van der Waals surface area contributed by atoms with Gasteiger partial charge in [-0.25, -0.2) is 0 Å². The van der Waals surface area contributed by atoms with Crippen molar-refractivity contribution < 1.29 is 13.6 Å². The van der Waals surface area contributed by atoms with Crippen molar-refractivity contribution >= 4 is 19.4 Å². The van der Waals surface area contributed by atoms with Gasteiger partial charge in [0.1, 0.15) is 4.49 Å². The van der Waals surface area contributed by atoms with Gasteiger partial charge < -0.3 is 9.05 Å². The van der Waals surface area contributed by atoms with E-state index in [2.05, 4.69) is 0 Å². The van der Waals surface area contributed by atoms with Crippen molar-refractivity contribution in [3.8, 4) is 0 Å². The van der Waals surface area contributed by atoms with Crippen LogP contribution in [0.25, 0.3) is 0 Å². The fourth-order valence-electron chi connectivity index (χ4n) is 1.52.